The Morgan fingerprint density at radius 2 is 1.32 bits per heavy atom. The number of rotatable bonds is 11. The van der Waals surface area contributed by atoms with Crippen LogP contribution < -0.4 is 9.47 Å². The molecule has 2 rings (SSSR count). The van der Waals surface area contributed by atoms with Gasteiger partial charge in [0.25, 0.3) is 0 Å². The SMILES string of the molecule is COc1ccc(C[C@H](CO)[C@@H](CCCO)Cc2ccc(OC)c(F)c2)cc1F. The largest absolute Gasteiger partial charge is 0.494 e. The predicted molar refractivity (Wildman–Crippen MR) is 104 cm³/mol. The first kappa shape index (κ1) is 22.1. The second-order valence-corrected chi connectivity index (χ2v) is 6.91. The zero-order valence-electron chi connectivity index (χ0n) is 16.3. The normalized spacial score (nSPS) is 13.2. The third kappa shape index (κ3) is 5.91. The summed E-state index contributed by atoms with van der Waals surface area (Å²) in [5.41, 5.74) is 1.55. The van der Waals surface area contributed by atoms with Gasteiger partial charge in [0, 0.05) is 13.2 Å². The number of hydrogen-bond donors (Lipinski definition) is 2. The molecule has 0 aromatic heterocycles. The monoisotopic (exact) mass is 394 g/mol. The van der Waals surface area contributed by atoms with E-state index in [2.05, 4.69) is 0 Å². The molecule has 0 radical (unpaired) electrons. The maximum Gasteiger partial charge on any atom is 0.165 e. The van der Waals surface area contributed by atoms with Crippen LogP contribution in [0.1, 0.15) is 24.0 Å². The number of ether oxygens (including phenoxy) is 2. The lowest BCUT2D eigenvalue weighted by atomic mass is 9.80. The highest BCUT2D eigenvalue weighted by Crippen LogP contribution is 2.29. The van der Waals surface area contributed by atoms with Crippen molar-refractivity contribution in [1.82, 2.24) is 0 Å². The number of methoxy groups -OCH3 is 2. The van der Waals surface area contributed by atoms with Crippen molar-refractivity contribution in [3.8, 4) is 11.5 Å². The summed E-state index contributed by atoms with van der Waals surface area (Å²) in [5, 5.41) is 19.2. The van der Waals surface area contributed by atoms with Gasteiger partial charge < -0.3 is 19.7 Å². The first-order valence-electron chi connectivity index (χ1n) is 9.38. The smallest absolute Gasteiger partial charge is 0.165 e. The van der Waals surface area contributed by atoms with E-state index in [1.54, 1.807) is 24.3 Å². The number of hydrogen-bond acceptors (Lipinski definition) is 4. The molecule has 0 heterocycles. The molecule has 4 nitrogen and oxygen atoms in total. The van der Waals surface area contributed by atoms with Crippen LogP contribution in [0.15, 0.2) is 36.4 Å². The lowest BCUT2D eigenvalue weighted by Gasteiger charge is -2.26. The summed E-state index contributed by atoms with van der Waals surface area (Å²) in [4.78, 5) is 0. The van der Waals surface area contributed by atoms with Crippen molar-refractivity contribution in [1.29, 1.82) is 0 Å². The molecule has 0 spiro atoms. The van der Waals surface area contributed by atoms with Crippen LogP contribution in [0.5, 0.6) is 11.5 Å². The molecule has 0 aliphatic heterocycles. The zero-order valence-corrected chi connectivity index (χ0v) is 16.3. The van der Waals surface area contributed by atoms with Crippen molar-refractivity contribution in [2.45, 2.75) is 25.7 Å². The first-order chi connectivity index (χ1) is 13.5. The number of halogens is 2. The molecule has 0 aliphatic carbocycles. The maximum absolute atomic E-state index is 14.0. The fourth-order valence-electron chi connectivity index (χ4n) is 3.52. The summed E-state index contributed by atoms with van der Waals surface area (Å²) in [7, 11) is 2.82. The van der Waals surface area contributed by atoms with E-state index in [1.165, 1.54) is 26.4 Å². The van der Waals surface area contributed by atoms with Gasteiger partial charge in [0.15, 0.2) is 23.1 Å². The summed E-state index contributed by atoms with van der Waals surface area (Å²) < 4.78 is 37.9. The summed E-state index contributed by atoms with van der Waals surface area (Å²) in [6, 6.07) is 9.58. The zero-order chi connectivity index (χ0) is 20.5. The molecule has 0 saturated carbocycles. The predicted octanol–water partition coefficient (Wildman–Crippen LogP) is 3.76. The van der Waals surface area contributed by atoms with E-state index in [0.717, 1.165) is 11.1 Å². The molecule has 0 saturated heterocycles. The summed E-state index contributed by atoms with van der Waals surface area (Å²) in [5.74, 6) is -0.656. The summed E-state index contributed by atoms with van der Waals surface area (Å²) in [6.07, 6.45) is 2.28. The summed E-state index contributed by atoms with van der Waals surface area (Å²) >= 11 is 0. The third-order valence-electron chi connectivity index (χ3n) is 5.06. The van der Waals surface area contributed by atoms with Crippen LogP contribution >= 0.6 is 0 Å². The highest BCUT2D eigenvalue weighted by Gasteiger charge is 2.22. The van der Waals surface area contributed by atoms with Crippen LogP contribution in [-0.4, -0.2) is 37.6 Å². The average molecular weight is 394 g/mol. The Hall–Kier alpha value is -2.18. The highest BCUT2D eigenvalue weighted by molar-refractivity contribution is 5.31. The minimum atomic E-state index is -0.444. The van der Waals surface area contributed by atoms with Crippen molar-refractivity contribution >= 4 is 0 Å². The second kappa shape index (κ2) is 11.0. The first-order valence-corrected chi connectivity index (χ1v) is 9.38. The van der Waals surface area contributed by atoms with Gasteiger partial charge in [0.05, 0.1) is 14.2 Å². The van der Waals surface area contributed by atoms with E-state index in [1.807, 2.05) is 0 Å². The van der Waals surface area contributed by atoms with Gasteiger partial charge in [-0.3, -0.25) is 0 Å². The molecule has 0 amide bonds. The molecule has 0 fully saturated rings. The topological polar surface area (TPSA) is 58.9 Å². The Morgan fingerprint density at radius 1 is 0.821 bits per heavy atom. The molecule has 2 N–H and O–H groups in total. The molecule has 2 aromatic carbocycles. The standard InChI is InChI=1S/C22H28F2O4/c1-27-21-7-5-15(12-19(21)23)10-17(4-3-9-25)18(14-26)11-16-6-8-22(28-2)20(24)13-16/h5-8,12-13,17-18,25-26H,3-4,9-11,14H2,1-2H3/t17-,18+/m0/s1. The van der Waals surface area contributed by atoms with Crippen LogP contribution in [0.4, 0.5) is 8.78 Å². The second-order valence-electron chi connectivity index (χ2n) is 6.91. The van der Waals surface area contributed by atoms with Crippen molar-refractivity contribution in [2.24, 2.45) is 11.8 Å². The molecule has 2 atom stereocenters. The van der Waals surface area contributed by atoms with Crippen molar-refractivity contribution in [3.05, 3.63) is 59.2 Å². The van der Waals surface area contributed by atoms with Crippen molar-refractivity contribution in [2.75, 3.05) is 27.4 Å². The van der Waals surface area contributed by atoms with E-state index >= 15 is 0 Å². The Balaban J connectivity index is 2.18. The van der Waals surface area contributed by atoms with Gasteiger partial charge in [-0.1, -0.05) is 12.1 Å². The molecule has 0 bridgehead atoms. The van der Waals surface area contributed by atoms with Crippen LogP contribution in [0, 0.1) is 23.5 Å². The van der Waals surface area contributed by atoms with Gasteiger partial charge in [-0.25, -0.2) is 8.78 Å². The van der Waals surface area contributed by atoms with Gasteiger partial charge in [-0.2, -0.15) is 0 Å². The average Bonchev–Trinajstić information content (AvgIpc) is 2.69. The highest BCUT2D eigenvalue weighted by atomic mass is 19.1. The molecule has 0 unspecified atom stereocenters. The van der Waals surface area contributed by atoms with Crippen LogP contribution in [0.2, 0.25) is 0 Å². The van der Waals surface area contributed by atoms with Crippen LogP contribution in [0.25, 0.3) is 0 Å². The van der Waals surface area contributed by atoms with Gasteiger partial charge in [-0.15, -0.1) is 0 Å². The van der Waals surface area contributed by atoms with Crippen LogP contribution in [0.3, 0.4) is 0 Å². The molecule has 0 aliphatic rings. The van der Waals surface area contributed by atoms with E-state index in [0.29, 0.717) is 25.7 Å². The fraction of sp³-hybridized carbons (Fsp3) is 0.455. The van der Waals surface area contributed by atoms with Crippen molar-refractivity contribution < 1.29 is 28.5 Å². The van der Waals surface area contributed by atoms with Gasteiger partial charge >= 0.3 is 0 Å². The van der Waals surface area contributed by atoms with E-state index < -0.39 is 11.6 Å². The summed E-state index contributed by atoms with van der Waals surface area (Å²) in [6.45, 7) is -0.0365. The maximum atomic E-state index is 14.0. The lowest BCUT2D eigenvalue weighted by Crippen LogP contribution is -2.24. The molecule has 2 aromatic rings. The molecular formula is C22H28F2O4. The number of aliphatic hydroxyl groups excluding tert-OH is 2. The molecule has 154 valence electrons. The molecule has 6 heteroatoms. The van der Waals surface area contributed by atoms with Gasteiger partial charge in [-0.05, 0) is 72.9 Å². The Morgan fingerprint density at radius 3 is 1.71 bits per heavy atom. The Bertz CT molecular complexity index is 751. The van der Waals surface area contributed by atoms with Crippen molar-refractivity contribution in [3.63, 3.8) is 0 Å². The quantitative estimate of drug-likeness (QED) is 0.609. The number of aliphatic hydroxyl groups is 2. The van der Waals surface area contributed by atoms with E-state index in [9.17, 15) is 19.0 Å². The van der Waals surface area contributed by atoms with E-state index in [4.69, 9.17) is 9.47 Å². The lowest BCUT2D eigenvalue weighted by molar-refractivity contribution is 0.158. The van der Waals surface area contributed by atoms with Gasteiger partial charge in [0.1, 0.15) is 0 Å². The minimum Gasteiger partial charge on any atom is -0.494 e. The fourth-order valence-corrected chi connectivity index (χ4v) is 3.52. The Labute approximate surface area is 164 Å². The number of benzene rings is 2. The minimum absolute atomic E-state index is 0.00936. The van der Waals surface area contributed by atoms with E-state index in [-0.39, 0.29) is 36.5 Å². The molecule has 28 heavy (non-hydrogen) atoms. The molecular weight excluding hydrogens is 366 g/mol. The van der Waals surface area contributed by atoms with Crippen LogP contribution in [-0.2, 0) is 12.8 Å². The van der Waals surface area contributed by atoms with Gasteiger partial charge in [0.2, 0.25) is 0 Å². The third-order valence-corrected chi connectivity index (χ3v) is 5.06. The Kier molecular flexibility index (Phi) is 8.67.